The Kier molecular flexibility index (Phi) is 10.9. The second-order valence-electron chi connectivity index (χ2n) is 12.1. The zero-order chi connectivity index (χ0) is 35.3. The second-order valence-corrected chi connectivity index (χ2v) is 18.6. The van der Waals surface area contributed by atoms with E-state index < -0.39 is 41.2 Å². The first-order valence-corrected chi connectivity index (χ1v) is 20.5. The van der Waals surface area contributed by atoms with Gasteiger partial charge in [0.05, 0.1) is 14.2 Å². The van der Waals surface area contributed by atoms with Gasteiger partial charge in [0, 0.05) is 0 Å². The number of benzene rings is 4. The van der Waals surface area contributed by atoms with E-state index in [2.05, 4.69) is 25.2 Å². The molecular formula is C38H40N3O7PSe. The molecule has 2 heterocycles. The van der Waals surface area contributed by atoms with E-state index in [1.807, 2.05) is 116 Å². The molecule has 12 heteroatoms. The van der Waals surface area contributed by atoms with Gasteiger partial charge in [0.25, 0.3) is 0 Å². The predicted octanol–water partition coefficient (Wildman–Crippen LogP) is 6.22. The van der Waals surface area contributed by atoms with Crippen molar-refractivity contribution in [2.75, 3.05) is 32.6 Å². The molecule has 0 radical (unpaired) electrons. The fourth-order valence-electron chi connectivity index (χ4n) is 6.25. The van der Waals surface area contributed by atoms with Gasteiger partial charge in [0.2, 0.25) is 0 Å². The van der Waals surface area contributed by atoms with Crippen molar-refractivity contribution in [3.8, 4) is 11.5 Å². The fraction of sp³-hybridized carbons (Fsp3) is 0.263. The molecule has 1 unspecified atom stereocenters. The standard InChI is InChI=1S/C38H40N3O7PSe/c1-26-24-41(37(43)39-36(26)42)35-23-33(48-49(4,50)40-30-13-9-6-10-14-30)34(47-35)25-46-38(27-11-7-5-8-12-27,28-15-19-31(44-2)20-16-28)29-17-21-32(45-3)22-18-29/h5-22,24,33-35H,23,25H2,1-4H3,(H,40,50)(H,39,42,43)/t33-,34+,35+,49?/m0/s1. The van der Waals surface area contributed by atoms with E-state index in [1.54, 1.807) is 21.1 Å². The van der Waals surface area contributed by atoms with E-state index in [0.717, 1.165) is 33.9 Å². The number of aryl methyl sites for hydroxylation is 1. The van der Waals surface area contributed by atoms with Crippen LogP contribution < -0.4 is 25.8 Å². The zero-order valence-electron chi connectivity index (χ0n) is 28.3. The summed E-state index contributed by atoms with van der Waals surface area (Å²) in [5.41, 5.74) is 1.90. The van der Waals surface area contributed by atoms with Crippen LogP contribution in [-0.4, -0.2) is 64.3 Å². The molecule has 260 valence electrons. The Morgan fingerprint density at radius 2 is 1.40 bits per heavy atom. The number of aromatic amines is 1. The third-order valence-electron chi connectivity index (χ3n) is 8.72. The number of para-hydroxylation sites is 1. The zero-order valence-corrected chi connectivity index (χ0v) is 30.9. The van der Waals surface area contributed by atoms with E-state index >= 15 is 0 Å². The number of ether oxygens (including phenoxy) is 4. The molecule has 1 fully saturated rings. The molecule has 5 aromatic rings. The van der Waals surface area contributed by atoms with Crippen molar-refractivity contribution in [1.29, 1.82) is 0 Å². The van der Waals surface area contributed by atoms with Gasteiger partial charge in [-0.05, 0) is 0 Å². The van der Waals surface area contributed by atoms with Gasteiger partial charge in [-0.15, -0.1) is 0 Å². The van der Waals surface area contributed by atoms with Crippen LogP contribution in [-0.2, 0) is 19.6 Å². The van der Waals surface area contributed by atoms with Crippen molar-refractivity contribution < 1.29 is 23.5 Å². The normalized spacial score (nSPS) is 18.7. The summed E-state index contributed by atoms with van der Waals surface area (Å²) in [4.78, 5) is 27.6. The van der Waals surface area contributed by atoms with Crippen LogP contribution in [0.15, 0.2) is 125 Å². The van der Waals surface area contributed by atoms with Crippen molar-refractivity contribution in [2.24, 2.45) is 0 Å². The van der Waals surface area contributed by atoms with E-state index in [0.29, 0.717) is 12.0 Å². The molecule has 1 aliphatic rings. The van der Waals surface area contributed by atoms with Crippen LogP contribution in [0.25, 0.3) is 0 Å². The first-order chi connectivity index (χ1) is 24.1. The summed E-state index contributed by atoms with van der Waals surface area (Å²) in [6, 6.07) is 35.5. The Bertz CT molecular complexity index is 2010. The van der Waals surface area contributed by atoms with Crippen LogP contribution >= 0.6 is 5.89 Å². The van der Waals surface area contributed by atoms with Gasteiger partial charge in [-0.1, -0.05) is 0 Å². The summed E-state index contributed by atoms with van der Waals surface area (Å²) in [6.07, 6.45) is 0.0703. The van der Waals surface area contributed by atoms with Crippen molar-refractivity contribution in [2.45, 2.75) is 37.4 Å². The van der Waals surface area contributed by atoms with E-state index in [4.69, 9.17) is 23.5 Å². The molecule has 0 aliphatic carbocycles. The van der Waals surface area contributed by atoms with Crippen molar-refractivity contribution in [3.63, 3.8) is 0 Å². The van der Waals surface area contributed by atoms with Crippen molar-refractivity contribution in [1.82, 2.24) is 9.55 Å². The van der Waals surface area contributed by atoms with Crippen LogP contribution in [0.1, 0.15) is 34.9 Å². The van der Waals surface area contributed by atoms with Gasteiger partial charge < -0.3 is 0 Å². The third kappa shape index (κ3) is 7.74. The first kappa shape index (κ1) is 35.6. The van der Waals surface area contributed by atoms with E-state index in [-0.39, 0.29) is 6.61 Å². The molecule has 0 bridgehead atoms. The molecule has 1 aromatic heterocycles. The summed E-state index contributed by atoms with van der Waals surface area (Å²) >= 11 is 3.25. The van der Waals surface area contributed by atoms with Gasteiger partial charge in [0.1, 0.15) is 0 Å². The monoisotopic (exact) mass is 761 g/mol. The number of anilines is 1. The van der Waals surface area contributed by atoms with Crippen LogP contribution in [0.3, 0.4) is 0 Å². The number of H-pyrrole nitrogens is 1. The average Bonchev–Trinajstić information content (AvgIpc) is 3.52. The SMILES string of the molecule is COc1ccc(C(OC[C@H]2O[C@@H](n3cc(C)c(=O)[nH]c3=O)C[C@@H]2OP(C)(=[Se])Nc2ccccc2)(c2ccccc2)c2ccc(OC)cc2)cc1. The Morgan fingerprint density at radius 3 is 1.96 bits per heavy atom. The molecule has 6 rings (SSSR count). The Morgan fingerprint density at radius 1 is 0.860 bits per heavy atom. The summed E-state index contributed by atoms with van der Waals surface area (Å²) < 4.78 is 33.1. The van der Waals surface area contributed by atoms with Gasteiger partial charge in [0.15, 0.2) is 0 Å². The molecule has 50 heavy (non-hydrogen) atoms. The predicted molar refractivity (Wildman–Crippen MR) is 196 cm³/mol. The van der Waals surface area contributed by atoms with Gasteiger partial charge in [-0.3, -0.25) is 0 Å². The minimum atomic E-state index is -2.34. The summed E-state index contributed by atoms with van der Waals surface area (Å²) in [5.74, 6) is -0.902. The molecule has 1 aliphatic heterocycles. The summed E-state index contributed by atoms with van der Waals surface area (Å²) in [5, 5.41) is 3.52. The maximum absolute atomic E-state index is 13.0. The Balaban J connectivity index is 1.41. The number of nitrogens with one attached hydrogen (secondary N) is 2. The fourth-order valence-corrected chi connectivity index (χ4v) is 9.01. The van der Waals surface area contributed by atoms with E-state index in [9.17, 15) is 9.59 Å². The number of aromatic nitrogens is 2. The topological polar surface area (TPSA) is 113 Å². The minimum absolute atomic E-state index is 0.0938. The Labute approximate surface area is 298 Å². The van der Waals surface area contributed by atoms with Gasteiger partial charge >= 0.3 is 285 Å². The average molecular weight is 761 g/mol. The quantitative estimate of drug-likeness (QED) is 0.0828. The molecule has 2 N–H and O–H groups in total. The molecule has 4 aromatic carbocycles. The molecule has 0 spiro atoms. The number of hydrogen-bond donors (Lipinski definition) is 2. The molecule has 10 nitrogen and oxygen atoms in total. The molecule has 0 saturated carbocycles. The summed E-state index contributed by atoms with van der Waals surface area (Å²) in [6.45, 7) is 3.75. The number of nitrogens with zero attached hydrogens (tertiary/aromatic N) is 1. The molecule has 4 atom stereocenters. The van der Waals surface area contributed by atoms with Gasteiger partial charge in [-0.2, -0.15) is 0 Å². The van der Waals surface area contributed by atoms with Crippen molar-refractivity contribution in [3.05, 3.63) is 158 Å². The number of methoxy groups -OCH3 is 2. The number of rotatable bonds is 13. The third-order valence-corrected chi connectivity index (χ3v) is 11.2. The van der Waals surface area contributed by atoms with Crippen LogP contribution in [0, 0.1) is 6.92 Å². The molecular weight excluding hydrogens is 720 g/mol. The van der Waals surface area contributed by atoms with Crippen LogP contribution in [0.2, 0.25) is 0 Å². The maximum atomic E-state index is 13.0. The molecule has 1 saturated heterocycles. The molecule has 0 amide bonds. The Hall–Kier alpha value is -4.21. The first-order valence-electron chi connectivity index (χ1n) is 16.2. The van der Waals surface area contributed by atoms with Crippen LogP contribution in [0.5, 0.6) is 11.5 Å². The number of hydrogen-bond acceptors (Lipinski definition) is 8. The van der Waals surface area contributed by atoms with Crippen molar-refractivity contribution >= 4 is 26.7 Å². The van der Waals surface area contributed by atoms with Gasteiger partial charge in [-0.25, -0.2) is 0 Å². The second kappa shape index (κ2) is 15.4. The summed E-state index contributed by atoms with van der Waals surface area (Å²) in [7, 11) is 3.27. The van der Waals surface area contributed by atoms with E-state index in [1.165, 1.54) is 10.8 Å². The van der Waals surface area contributed by atoms with Crippen LogP contribution in [0.4, 0.5) is 5.69 Å².